The molecule has 2 aliphatic heterocycles. The van der Waals surface area contributed by atoms with Crippen LogP contribution in [-0.4, -0.2) is 19.8 Å². The highest BCUT2D eigenvalue weighted by Crippen LogP contribution is 2.39. The lowest BCUT2D eigenvalue weighted by atomic mass is 9.83. The average molecular weight is 270 g/mol. The predicted octanol–water partition coefficient (Wildman–Crippen LogP) is 1.83. The fraction of sp³-hybridized carbons (Fsp3) is 0.455. The topological polar surface area (TPSA) is 30.5 Å². The van der Waals surface area contributed by atoms with Gasteiger partial charge < -0.3 is 9.57 Å². The third kappa shape index (κ3) is 1.44. The summed E-state index contributed by atoms with van der Waals surface area (Å²) >= 11 is 3.49. The van der Waals surface area contributed by atoms with Gasteiger partial charge >= 0.3 is 0 Å². The van der Waals surface area contributed by atoms with Gasteiger partial charge in [0, 0.05) is 10.4 Å². The Hall–Kier alpha value is -0.420. The first-order valence-electron chi connectivity index (χ1n) is 5.04. The third-order valence-electron chi connectivity index (χ3n) is 3.22. The van der Waals surface area contributed by atoms with E-state index in [1.165, 1.54) is 5.56 Å². The fourth-order valence-electron chi connectivity index (χ4n) is 2.34. The number of hydrogen-bond donors (Lipinski definition) is 1. The number of fused-ring (bicyclic) bond motifs is 1. The van der Waals surface area contributed by atoms with Crippen molar-refractivity contribution in [2.75, 3.05) is 19.8 Å². The van der Waals surface area contributed by atoms with Gasteiger partial charge in [0.25, 0.3) is 0 Å². The summed E-state index contributed by atoms with van der Waals surface area (Å²) in [7, 11) is 0. The Balaban J connectivity index is 2.04. The van der Waals surface area contributed by atoms with Crippen LogP contribution in [0, 0.1) is 5.92 Å². The summed E-state index contributed by atoms with van der Waals surface area (Å²) in [5, 5.41) is 0. The molecule has 1 aromatic carbocycles. The van der Waals surface area contributed by atoms with Crippen LogP contribution in [0.25, 0.3) is 0 Å². The minimum Gasteiger partial charge on any atom is -0.379 e. The zero-order valence-corrected chi connectivity index (χ0v) is 9.79. The van der Waals surface area contributed by atoms with Crippen molar-refractivity contribution in [3.05, 3.63) is 34.3 Å². The zero-order chi connectivity index (χ0) is 10.3. The van der Waals surface area contributed by atoms with E-state index < -0.39 is 0 Å². The first-order chi connectivity index (χ1) is 7.31. The third-order valence-corrected chi connectivity index (χ3v) is 3.72. The average Bonchev–Trinajstić information content (AvgIpc) is 2.75. The summed E-state index contributed by atoms with van der Waals surface area (Å²) in [6, 6.07) is 8.32. The second-order valence-corrected chi connectivity index (χ2v) is 5.02. The van der Waals surface area contributed by atoms with E-state index in [9.17, 15) is 0 Å². The summed E-state index contributed by atoms with van der Waals surface area (Å²) in [6.45, 7) is 2.19. The lowest BCUT2D eigenvalue weighted by Crippen LogP contribution is -2.41. The van der Waals surface area contributed by atoms with E-state index in [-0.39, 0.29) is 5.54 Å². The normalized spacial score (nSPS) is 34.3. The Morgan fingerprint density at radius 1 is 1.40 bits per heavy atom. The van der Waals surface area contributed by atoms with Crippen molar-refractivity contribution in [2.24, 2.45) is 5.92 Å². The second kappa shape index (κ2) is 3.56. The van der Waals surface area contributed by atoms with Crippen LogP contribution < -0.4 is 5.48 Å². The molecule has 2 aliphatic rings. The van der Waals surface area contributed by atoms with Gasteiger partial charge in [0.05, 0.1) is 25.4 Å². The molecule has 2 heterocycles. The van der Waals surface area contributed by atoms with Gasteiger partial charge in [-0.3, -0.25) is 0 Å². The van der Waals surface area contributed by atoms with E-state index in [0.717, 1.165) is 17.7 Å². The maximum Gasteiger partial charge on any atom is 0.0986 e. The monoisotopic (exact) mass is 269 g/mol. The molecule has 1 aromatic rings. The molecule has 0 bridgehead atoms. The summed E-state index contributed by atoms with van der Waals surface area (Å²) in [4.78, 5) is 5.36. The van der Waals surface area contributed by atoms with Crippen LogP contribution >= 0.6 is 15.9 Å². The van der Waals surface area contributed by atoms with Gasteiger partial charge in [-0.1, -0.05) is 28.1 Å². The lowest BCUT2D eigenvalue weighted by Gasteiger charge is -2.26. The molecule has 15 heavy (non-hydrogen) atoms. The molecule has 0 aromatic heterocycles. The van der Waals surface area contributed by atoms with Crippen molar-refractivity contribution in [3.8, 4) is 0 Å². The van der Waals surface area contributed by atoms with E-state index >= 15 is 0 Å². The summed E-state index contributed by atoms with van der Waals surface area (Å²) in [5.74, 6) is 0.423. The molecule has 0 spiro atoms. The van der Waals surface area contributed by atoms with E-state index in [0.29, 0.717) is 12.5 Å². The van der Waals surface area contributed by atoms with E-state index in [4.69, 9.17) is 9.57 Å². The maximum atomic E-state index is 5.55. The van der Waals surface area contributed by atoms with Gasteiger partial charge in [0.15, 0.2) is 0 Å². The van der Waals surface area contributed by atoms with Crippen LogP contribution in [0.1, 0.15) is 5.56 Å². The van der Waals surface area contributed by atoms with Crippen molar-refractivity contribution < 1.29 is 9.57 Å². The highest BCUT2D eigenvalue weighted by atomic mass is 79.9. The number of benzene rings is 1. The van der Waals surface area contributed by atoms with E-state index in [2.05, 4.69) is 33.5 Å². The molecule has 80 valence electrons. The predicted molar refractivity (Wildman–Crippen MR) is 59.2 cm³/mol. The molecule has 1 N–H and O–H groups in total. The summed E-state index contributed by atoms with van der Waals surface area (Å²) in [5.41, 5.74) is 4.23. The Bertz CT molecular complexity index is 373. The van der Waals surface area contributed by atoms with Crippen LogP contribution in [0.4, 0.5) is 0 Å². The first-order valence-corrected chi connectivity index (χ1v) is 5.83. The Morgan fingerprint density at radius 3 is 3.20 bits per heavy atom. The summed E-state index contributed by atoms with van der Waals surface area (Å²) in [6.07, 6.45) is 0. The Morgan fingerprint density at radius 2 is 2.33 bits per heavy atom. The molecular weight excluding hydrogens is 258 g/mol. The quantitative estimate of drug-likeness (QED) is 0.844. The molecular formula is C11H12BrNO2. The molecule has 2 unspecified atom stereocenters. The van der Waals surface area contributed by atoms with Crippen LogP contribution in [0.3, 0.4) is 0 Å². The molecule has 4 heteroatoms. The van der Waals surface area contributed by atoms with Crippen LogP contribution in [0.2, 0.25) is 0 Å². The largest absolute Gasteiger partial charge is 0.379 e. The Kier molecular flexibility index (Phi) is 2.32. The molecule has 0 saturated carbocycles. The van der Waals surface area contributed by atoms with Crippen LogP contribution in [-0.2, 0) is 15.1 Å². The number of rotatable bonds is 1. The standard InChI is InChI=1S/C11H12BrNO2/c12-10-3-1-2-8(4-10)11-7-14-5-9(11)6-15-13-11/h1-4,9,13H,5-7H2. The maximum absolute atomic E-state index is 5.55. The molecule has 2 saturated heterocycles. The highest BCUT2D eigenvalue weighted by molar-refractivity contribution is 9.10. The van der Waals surface area contributed by atoms with Crippen molar-refractivity contribution in [3.63, 3.8) is 0 Å². The number of hydrogen-bond acceptors (Lipinski definition) is 3. The van der Waals surface area contributed by atoms with Crippen molar-refractivity contribution in [1.29, 1.82) is 0 Å². The van der Waals surface area contributed by atoms with Crippen LogP contribution in [0.5, 0.6) is 0 Å². The van der Waals surface area contributed by atoms with Gasteiger partial charge in [0.1, 0.15) is 0 Å². The van der Waals surface area contributed by atoms with Crippen molar-refractivity contribution >= 4 is 15.9 Å². The molecule has 2 fully saturated rings. The minimum absolute atomic E-state index is 0.135. The highest BCUT2D eigenvalue weighted by Gasteiger charge is 2.50. The first kappa shape index (κ1) is 9.78. The van der Waals surface area contributed by atoms with Gasteiger partial charge in [-0.15, -0.1) is 0 Å². The Labute approximate surface area is 96.8 Å². The van der Waals surface area contributed by atoms with Crippen molar-refractivity contribution in [2.45, 2.75) is 5.54 Å². The molecule has 3 nitrogen and oxygen atoms in total. The SMILES string of the molecule is Brc1cccc(C23COCC2CON3)c1. The smallest absolute Gasteiger partial charge is 0.0986 e. The molecule has 3 rings (SSSR count). The van der Waals surface area contributed by atoms with E-state index in [1.54, 1.807) is 0 Å². The number of nitrogens with one attached hydrogen (secondary N) is 1. The molecule has 0 radical (unpaired) electrons. The molecule has 0 amide bonds. The summed E-state index contributed by atoms with van der Waals surface area (Å²) < 4.78 is 6.64. The zero-order valence-electron chi connectivity index (χ0n) is 8.20. The van der Waals surface area contributed by atoms with Gasteiger partial charge in [-0.25, -0.2) is 0 Å². The second-order valence-electron chi connectivity index (χ2n) is 4.11. The van der Waals surface area contributed by atoms with Gasteiger partial charge in [-0.05, 0) is 17.7 Å². The van der Waals surface area contributed by atoms with Crippen molar-refractivity contribution in [1.82, 2.24) is 5.48 Å². The number of halogens is 1. The number of ether oxygens (including phenoxy) is 1. The minimum atomic E-state index is -0.135. The van der Waals surface area contributed by atoms with E-state index in [1.807, 2.05) is 12.1 Å². The van der Waals surface area contributed by atoms with Crippen LogP contribution in [0.15, 0.2) is 28.7 Å². The van der Waals surface area contributed by atoms with Gasteiger partial charge in [0.2, 0.25) is 0 Å². The molecule has 0 aliphatic carbocycles. The fourth-order valence-corrected chi connectivity index (χ4v) is 2.74. The molecule has 2 atom stereocenters. The lowest BCUT2D eigenvalue weighted by molar-refractivity contribution is 0.0250. The number of hydroxylamine groups is 1. The van der Waals surface area contributed by atoms with Gasteiger partial charge in [-0.2, -0.15) is 5.48 Å².